The smallest absolute Gasteiger partial charge is 0.124 e. The third kappa shape index (κ3) is 3.06. The highest BCUT2D eigenvalue weighted by Crippen LogP contribution is 2.28. The Morgan fingerprint density at radius 3 is 2.86 bits per heavy atom. The van der Waals surface area contributed by atoms with E-state index in [9.17, 15) is 0 Å². The van der Waals surface area contributed by atoms with Gasteiger partial charge in [-0.05, 0) is 30.0 Å². The Morgan fingerprint density at radius 2 is 2.05 bits per heavy atom. The highest BCUT2D eigenvalue weighted by molar-refractivity contribution is 5.87. The fourth-order valence-electron chi connectivity index (χ4n) is 2.49. The molecule has 0 aliphatic carbocycles. The van der Waals surface area contributed by atoms with Crippen LogP contribution in [0.2, 0.25) is 0 Å². The van der Waals surface area contributed by atoms with Gasteiger partial charge in [-0.15, -0.1) is 0 Å². The fraction of sp³-hybridized carbons (Fsp3) is 0.235. The van der Waals surface area contributed by atoms with Gasteiger partial charge >= 0.3 is 0 Å². The number of fused-ring (bicyclic) bond motifs is 1. The maximum atomic E-state index is 5.97. The van der Waals surface area contributed by atoms with Gasteiger partial charge in [-0.2, -0.15) is 5.10 Å². The first-order valence-corrected chi connectivity index (χ1v) is 7.14. The van der Waals surface area contributed by atoms with Crippen molar-refractivity contribution in [3.8, 4) is 5.75 Å². The molecule has 0 radical (unpaired) electrons. The highest BCUT2D eigenvalue weighted by Gasteiger charge is 2.08. The summed E-state index contributed by atoms with van der Waals surface area (Å²) >= 11 is 0. The molecule has 2 aromatic carbocycles. The van der Waals surface area contributed by atoms with Crippen LogP contribution in [-0.2, 0) is 13.1 Å². The van der Waals surface area contributed by atoms with E-state index in [0.717, 1.165) is 18.8 Å². The summed E-state index contributed by atoms with van der Waals surface area (Å²) in [5, 5.41) is 9.88. The van der Waals surface area contributed by atoms with Crippen molar-refractivity contribution in [3.05, 3.63) is 60.4 Å². The van der Waals surface area contributed by atoms with E-state index in [1.807, 2.05) is 24.0 Å². The summed E-state index contributed by atoms with van der Waals surface area (Å²) in [5.41, 5.74) is 1.20. The minimum atomic E-state index is 0.608. The van der Waals surface area contributed by atoms with Crippen molar-refractivity contribution in [1.29, 1.82) is 0 Å². The zero-order valence-electron chi connectivity index (χ0n) is 12.1. The van der Waals surface area contributed by atoms with Crippen molar-refractivity contribution in [3.63, 3.8) is 0 Å². The quantitative estimate of drug-likeness (QED) is 0.755. The van der Waals surface area contributed by atoms with Crippen molar-refractivity contribution in [2.45, 2.75) is 13.1 Å². The number of nitrogens with zero attached hydrogens (tertiary/aromatic N) is 2. The Hall–Kier alpha value is -2.33. The first-order valence-electron chi connectivity index (χ1n) is 7.14. The molecule has 1 heterocycles. The average molecular weight is 281 g/mol. The summed E-state index contributed by atoms with van der Waals surface area (Å²) in [6, 6.07) is 14.5. The number of aromatic nitrogens is 2. The van der Waals surface area contributed by atoms with Gasteiger partial charge in [0.05, 0.1) is 6.54 Å². The van der Waals surface area contributed by atoms with Gasteiger partial charge in [-0.1, -0.05) is 30.3 Å². The Morgan fingerprint density at radius 1 is 1.14 bits per heavy atom. The number of rotatable bonds is 6. The summed E-state index contributed by atoms with van der Waals surface area (Å²) in [5.74, 6) is 0.940. The first kappa shape index (κ1) is 13.6. The van der Waals surface area contributed by atoms with Gasteiger partial charge in [0.2, 0.25) is 0 Å². The Kier molecular flexibility index (Phi) is 4.17. The molecule has 21 heavy (non-hydrogen) atoms. The van der Waals surface area contributed by atoms with Crippen molar-refractivity contribution < 1.29 is 4.74 Å². The van der Waals surface area contributed by atoms with Crippen LogP contribution in [0.3, 0.4) is 0 Å². The maximum Gasteiger partial charge on any atom is 0.124 e. The molecule has 0 aliphatic heterocycles. The molecule has 4 heteroatoms. The van der Waals surface area contributed by atoms with Crippen LogP contribution in [0.1, 0.15) is 5.56 Å². The average Bonchev–Trinajstić information content (AvgIpc) is 3.03. The van der Waals surface area contributed by atoms with Gasteiger partial charge in [-0.3, -0.25) is 4.68 Å². The number of benzene rings is 2. The van der Waals surface area contributed by atoms with E-state index in [4.69, 9.17) is 4.74 Å². The van der Waals surface area contributed by atoms with Crippen molar-refractivity contribution in [1.82, 2.24) is 15.1 Å². The van der Waals surface area contributed by atoms with Gasteiger partial charge in [0.1, 0.15) is 12.4 Å². The molecule has 1 aromatic heterocycles. The SMILES string of the molecule is CNCc1c(OCCn2cccn2)ccc2ccccc12. The molecular formula is C17H19N3O. The summed E-state index contributed by atoms with van der Waals surface area (Å²) in [7, 11) is 1.95. The summed E-state index contributed by atoms with van der Waals surface area (Å²) < 4.78 is 7.84. The zero-order chi connectivity index (χ0) is 14.5. The van der Waals surface area contributed by atoms with E-state index in [0.29, 0.717) is 6.61 Å². The van der Waals surface area contributed by atoms with Gasteiger partial charge in [-0.25, -0.2) is 0 Å². The molecule has 0 aliphatic rings. The predicted octanol–water partition coefficient (Wildman–Crippen LogP) is 2.83. The second-order valence-electron chi connectivity index (χ2n) is 4.91. The van der Waals surface area contributed by atoms with Gasteiger partial charge < -0.3 is 10.1 Å². The summed E-state index contributed by atoms with van der Waals surface area (Å²) in [4.78, 5) is 0. The van der Waals surface area contributed by atoms with Crippen LogP contribution in [0, 0.1) is 0 Å². The molecule has 0 saturated heterocycles. The second kappa shape index (κ2) is 6.41. The van der Waals surface area contributed by atoms with Gasteiger partial charge in [0, 0.05) is 24.5 Å². The molecule has 3 aromatic rings. The summed E-state index contributed by atoms with van der Waals surface area (Å²) in [6.45, 7) is 2.15. The third-order valence-corrected chi connectivity index (χ3v) is 3.49. The monoisotopic (exact) mass is 281 g/mol. The van der Waals surface area contributed by atoms with Crippen LogP contribution in [-0.4, -0.2) is 23.4 Å². The molecule has 0 fully saturated rings. The number of hydrogen-bond donors (Lipinski definition) is 1. The molecule has 0 amide bonds. The lowest BCUT2D eigenvalue weighted by molar-refractivity contribution is 0.288. The molecule has 3 rings (SSSR count). The second-order valence-corrected chi connectivity index (χ2v) is 4.91. The molecule has 0 spiro atoms. The van der Waals surface area contributed by atoms with E-state index in [1.54, 1.807) is 6.20 Å². The normalized spacial score (nSPS) is 10.9. The lowest BCUT2D eigenvalue weighted by atomic mass is 10.0. The standard InChI is InChI=1S/C17H19N3O/c1-18-13-16-15-6-3-2-5-14(15)7-8-17(16)21-12-11-20-10-4-9-19-20/h2-10,18H,11-13H2,1H3. The van der Waals surface area contributed by atoms with Crippen molar-refractivity contribution in [2.24, 2.45) is 0 Å². The van der Waals surface area contributed by atoms with Crippen LogP contribution in [0.25, 0.3) is 10.8 Å². The minimum absolute atomic E-state index is 0.608. The molecule has 0 atom stereocenters. The number of hydrogen-bond acceptors (Lipinski definition) is 3. The van der Waals surface area contributed by atoms with Crippen LogP contribution in [0.15, 0.2) is 54.9 Å². The summed E-state index contributed by atoms with van der Waals surface area (Å²) in [6.07, 6.45) is 3.72. The van der Waals surface area contributed by atoms with E-state index in [-0.39, 0.29) is 0 Å². The topological polar surface area (TPSA) is 39.1 Å². The lowest BCUT2D eigenvalue weighted by Crippen LogP contribution is -2.12. The third-order valence-electron chi connectivity index (χ3n) is 3.49. The largest absolute Gasteiger partial charge is 0.491 e. The molecular weight excluding hydrogens is 262 g/mol. The van der Waals surface area contributed by atoms with E-state index < -0.39 is 0 Å². The molecule has 0 bridgehead atoms. The fourth-order valence-corrected chi connectivity index (χ4v) is 2.49. The Balaban J connectivity index is 1.81. The molecule has 0 unspecified atom stereocenters. The highest BCUT2D eigenvalue weighted by atomic mass is 16.5. The van der Waals surface area contributed by atoms with E-state index >= 15 is 0 Å². The molecule has 108 valence electrons. The molecule has 1 N–H and O–H groups in total. The number of ether oxygens (including phenoxy) is 1. The molecule has 4 nitrogen and oxygen atoms in total. The lowest BCUT2D eigenvalue weighted by Gasteiger charge is -2.14. The van der Waals surface area contributed by atoms with E-state index in [1.165, 1.54) is 16.3 Å². The van der Waals surface area contributed by atoms with Crippen molar-refractivity contribution in [2.75, 3.05) is 13.7 Å². The first-order chi connectivity index (χ1) is 10.4. The Labute approximate surface area is 124 Å². The van der Waals surface area contributed by atoms with Gasteiger partial charge in [0.25, 0.3) is 0 Å². The maximum absolute atomic E-state index is 5.97. The van der Waals surface area contributed by atoms with Crippen LogP contribution in [0.5, 0.6) is 5.75 Å². The predicted molar refractivity (Wildman–Crippen MR) is 84.4 cm³/mol. The van der Waals surface area contributed by atoms with Crippen LogP contribution >= 0.6 is 0 Å². The zero-order valence-corrected chi connectivity index (χ0v) is 12.1. The van der Waals surface area contributed by atoms with Crippen LogP contribution in [0.4, 0.5) is 0 Å². The van der Waals surface area contributed by atoms with E-state index in [2.05, 4.69) is 46.8 Å². The number of nitrogens with one attached hydrogen (secondary N) is 1. The van der Waals surface area contributed by atoms with Crippen molar-refractivity contribution >= 4 is 10.8 Å². The minimum Gasteiger partial charge on any atom is -0.491 e. The van der Waals surface area contributed by atoms with Crippen LogP contribution < -0.4 is 10.1 Å². The van der Waals surface area contributed by atoms with Gasteiger partial charge in [0.15, 0.2) is 0 Å². The molecule has 0 saturated carbocycles. The Bertz CT molecular complexity index is 707.